The summed E-state index contributed by atoms with van der Waals surface area (Å²) in [5.74, 6) is 3.50. The summed E-state index contributed by atoms with van der Waals surface area (Å²) >= 11 is 0. The molecule has 1 aliphatic carbocycles. The van der Waals surface area contributed by atoms with Gasteiger partial charge in [0.15, 0.2) is 0 Å². The summed E-state index contributed by atoms with van der Waals surface area (Å²) in [6.45, 7) is -0.0321. The van der Waals surface area contributed by atoms with Crippen LogP contribution in [0.1, 0.15) is 22.3 Å². The van der Waals surface area contributed by atoms with Crippen molar-refractivity contribution in [1.29, 1.82) is 0 Å². The number of ether oxygens (including phenoxy) is 2. The monoisotopic (exact) mass is 677 g/mol. The van der Waals surface area contributed by atoms with Crippen molar-refractivity contribution in [2.45, 2.75) is 5.41 Å². The van der Waals surface area contributed by atoms with Gasteiger partial charge in [-0.15, -0.1) is 0 Å². The van der Waals surface area contributed by atoms with E-state index >= 15 is 0 Å². The highest BCUT2D eigenvalue weighted by Crippen LogP contribution is 2.61. The Morgan fingerprint density at radius 1 is 0.415 bits per heavy atom. The molecule has 0 radical (unpaired) electrons. The maximum atomic E-state index is 7.24. The third kappa shape index (κ3) is 4.30. The molecule has 2 aliphatic heterocycles. The molecule has 3 aliphatic rings. The molecule has 11 rings (SSSR count). The maximum Gasteiger partial charge on any atom is 0.260 e. The second kappa shape index (κ2) is 11.6. The second-order valence-electron chi connectivity index (χ2n) is 14.0. The van der Waals surface area contributed by atoms with E-state index in [-0.39, 0.29) is 6.71 Å². The molecule has 3 nitrogen and oxygen atoms in total. The third-order valence-corrected chi connectivity index (χ3v) is 11.2. The van der Waals surface area contributed by atoms with Crippen LogP contribution in [0.2, 0.25) is 0 Å². The predicted molar refractivity (Wildman–Crippen MR) is 216 cm³/mol. The van der Waals surface area contributed by atoms with Gasteiger partial charge in [-0.05, 0) is 93.3 Å². The van der Waals surface area contributed by atoms with E-state index in [1.165, 1.54) is 16.7 Å². The van der Waals surface area contributed by atoms with Crippen LogP contribution in [0.15, 0.2) is 194 Å². The fourth-order valence-corrected chi connectivity index (χ4v) is 9.12. The number of nitrogens with zero attached hydrogens (tertiary/aromatic N) is 1. The average molecular weight is 678 g/mol. The van der Waals surface area contributed by atoms with Crippen molar-refractivity contribution < 1.29 is 9.47 Å². The summed E-state index contributed by atoms with van der Waals surface area (Å²) in [7, 11) is 0. The molecule has 4 heteroatoms. The Bertz CT molecular complexity index is 2590. The van der Waals surface area contributed by atoms with Gasteiger partial charge in [0.2, 0.25) is 0 Å². The van der Waals surface area contributed by atoms with E-state index in [4.69, 9.17) is 9.47 Å². The Labute approximate surface area is 309 Å². The molecule has 8 aromatic carbocycles. The van der Waals surface area contributed by atoms with Gasteiger partial charge in [-0.3, -0.25) is 0 Å². The minimum atomic E-state index is -0.708. The van der Waals surface area contributed by atoms with E-state index in [1.54, 1.807) is 0 Å². The normalized spacial score (nSPS) is 13.7. The number of para-hydroxylation sites is 4. The van der Waals surface area contributed by atoms with Crippen molar-refractivity contribution in [3.8, 4) is 34.1 Å². The molecular weight excluding hydrogens is 645 g/mol. The molecule has 0 saturated heterocycles. The molecule has 8 aromatic rings. The topological polar surface area (TPSA) is 21.7 Å². The van der Waals surface area contributed by atoms with Gasteiger partial charge in [0.25, 0.3) is 6.71 Å². The zero-order valence-corrected chi connectivity index (χ0v) is 28.8. The second-order valence-corrected chi connectivity index (χ2v) is 14.0. The van der Waals surface area contributed by atoms with Crippen molar-refractivity contribution >= 4 is 40.2 Å². The lowest BCUT2D eigenvalue weighted by Crippen LogP contribution is -2.57. The van der Waals surface area contributed by atoms with Crippen LogP contribution in [0.3, 0.4) is 0 Å². The highest BCUT2D eigenvalue weighted by Gasteiger charge is 2.52. The molecule has 0 amide bonds. The van der Waals surface area contributed by atoms with E-state index < -0.39 is 5.41 Å². The van der Waals surface area contributed by atoms with Gasteiger partial charge in [0.1, 0.15) is 23.0 Å². The summed E-state index contributed by atoms with van der Waals surface area (Å²) in [6, 6.07) is 69.4. The Balaban J connectivity index is 1.26. The summed E-state index contributed by atoms with van der Waals surface area (Å²) in [6.07, 6.45) is 0. The minimum absolute atomic E-state index is 0.0321. The zero-order valence-electron chi connectivity index (χ0n) is 28.8. The molecule has 0 fully saturated rings. The summed E-state index contributed by atoms with van der Waals surface area (Å²) in [5, 5.41) is 0. The van der Waals surface area contributed by atoms with Crippen LogP contribution < -0.4 is 30.8 Å². The lowest BCUT2D eigenvalue weighted by atomic mass is 9.34. The Kier molecular flexibility index (Phi) is 6.56. The number of hydrogen-bond acceptors (Lipinski definition) is 3. The van der Waals surface area contributed by atoms with Crippen LogP contribution in [0.5, 0.6) is 23.0 Å². The van der Waals surface area contributed by atoms with Crippen molar-refractivity contribution in [3.05, 3.63) is 216 Å². The fraction of sp³-hybridized carbons (Fsp3) is 0.0204. The van der Waals surface area contributed by atoms with E-state index in [0.29, 0.717) is 0 Å². The number of rotatable bonds is 5. The first-order valence-electron chi connectivity index (χ1n) is 18.2. The predicted octanol–water partition coefficient (Wildman–Crippen LogP) is 10.2. The summed E-state index contributed by atoms with van der Waals surface area (Å²) in [5.41, 5.74) is 13.0. The van der Waals surface area contributed by atoms with Crippen LogP contribution >= 0.6 is 0 Å². The zero-order chi connectivity index (χ0) is 34.9. The van der Waals surface area contributed by atoms with Crippen LogP contribution in [0.25, 0.3) is 11.1 Å². The van der Waals surface area contributed by atoms with Crippen LogP contribution in [0, 0.1) is 0 Å². The van der Waals surface area contributed by atoms with Crippen LogP contribution in [0.4, 0.5) is 17.1 Å². The molecular formula is C49H32BNO2. The number of anilines is 3. The van der Waals surface area contributed by atoms with Crippen molar-refractivity contribution in [1.82, 2.24) is 0 Å². The molecule has 0 aromatic heterocycles. The Morgan fingerprint density at radius 2 is 0.925 bits per heavy atom. The quantitative estimate of drug-likeness (QED) is 0.169. The van der Waals surface area contributed by atoms with Crippen molar-refractivity contribution in [2.24, 2.45) is 0 Å². The Morgan fingerprint density at radius 3 is 1.51 bits per heavy atom. The molecule has 248 valence electrons. The van der Waals surface area contributed by atoms with Crippen LogP contribution in [-0.2, 0) is 5.41 Å². The molecule has 0 bridgehead atoms. The molecule has 53 heavy (non-hydrogen) atoms. The molecule has 0 N–H and O–H groups in total. The van der Waals surface area contributed by atoms with Gasteiger partial charge in [0.05, 0.1) is 5.41 Å². The first-order valence-corrected chi connectivity index (χ1v) is 18.2. The largest absolute Gasteiger partial charge is 0.458 e. The number of benzene rings is 8. The number of fused-ring (bicyclic) bond motifs is 8. The SMILES string of the molecule is c1ccc(N(c2ccccc2)c2ccc3c(c2)C(c2ccccc2)(c2ccccc2)c2c-3cc3c4c2Oc2ccccc2B4c2ccccc2O3)cc1. The van der Waals surface area contributed by atoms with Gasteiger partial charge in [-0.1, -0.05) is 140 Å². The van der Waals surface area contributed by atoms with Crippen LogP contribution in [-0.4, -0.2) is 6.71 Å². The lowest BCUT2D eigenvalue weighted by molar-refractivity contribution is 0.457. The van der Waals surface area contributed by atoms with Crippen molar-refractivity contribution in [2.75, 3.05) is 4.90 Å². The third-order valence-electron chi connectivity index (χ3n) is 11.2. The first-order chi connectivity index (χ1) is 26.3. The summed E-state index contributed by atoms with van der Waals surface area (Å²) < 4.78 is 14.1. The lowest BCUT2D eigenvalue weighted by Gasteiger charge is -2.39. The fourth-order valence-electron chi connectivity index (χ4n) is 9.12. The smallest absolute Gasteiger partial charge is 0.260 e. The van der Waals surface area contributed by atoms with E-state index in [9.17, 15) is 0 Å². The van der Waals surface area contributed by atoms with E-state index in [2.05, 4.69) is 199 Å². The molecule has 2 heterocycles. The van der Waals surface area contributed by atoms with Gasteiger partial charge in [-0.25, -0.2) is 0 Å². The first kappa shape index (κ1) is 29.9. The van der Waals surface area contributed by atoms with Gasteiger partial charge in [0, 0.05) is 28.1 Å². The molecule has 0 saturated carbocycles. The molecule has 0 atom stereocenters. The maximum absolute atomic E-state index is 7.24. The number of hydrogen-bond donors (Lipinski definition) is 0. The molecule has 0 unspecified atom stereocenters. The molecule has 0 spiro atoms. The average Bonchev–Trinajstić information content (AvgIpc) is 3.52. The van der Waals surface area contributed by atoms with Gasteiger partial charge in [-0.2, -0.15) is 0 Å². The highest BCUT2D eigenvalue weighted by molar-refractivity contribution is 6.98. The standard InChI is InChI=1S/C49H32BNO2/c1-5-17-33(18-6-1)49(34-19-7-2-8-20-34)40-31-37(51(35-21-9-3-10-22-35)36-23-11-4-12-24-36)29-30-38(40)39-32-45-47-48(46(39)49)53-44-28-16-14-26-42(44)50(47)41-25-13-15-27-43(41)52-45/h1-32H. The highest BCUT2D eigenvalue weighted by atomic mass is 16.5. The van der Waals surface area contributed by atoms with E-state index in [0.717, 1.165) is 73.1 Å². The Hall–Kier alpha value is -6.78. The van der Waals surface area contributed by atoms with Crippen molar-refractivity contribution in [3.63, 3.8) is 0 Å². The van der Waals surface area contributed by atoms with E-state index in [1.807, 2.05) is 0 Å². The minimum Gasteiger partial charge on any atom is -0.458 e. The van der Waals surface area contributed by atoms with Gasteiger partial charge < -0.3 is 14.4 Å². The van der Waals surface area contributed by atoms with Gasteiger partial charge >= 0.3 is 0 Å². The summed E-state index contributed by atoms with van der Waals surface area (Å²) in [4.78, 5) is 2.35.